The van der Waals surface area contributed by atoms with Crippen molar-refractivity contribution in [3.05, 3.63) is 0 Å². The molecule has 0 atom stereocenters. The number of carbonyl (C=O) groups excluding carboxylic acids is 1. The maximum absolute atomic E-state index is 11.7. The van der Waals surface area contributed by atoms with Gasteiger partial charge < -0.3 is 10.2 Å². The third kappa shape index (κ3) is 4.97. The average molecular weight is 226 g/mol. The lowest BCUT2D eigenvalue weighted by molar-refractivity contribution is -0.122. The number of nitrogens with zero attached hydrogens (tertiary/aromatic N) is 1. The molecule has 0 aliphatic heterocycles. The Labute approximate surface area is 99.6 Å². The first-order valence-electron chi connectivity index (χ1n) is 6.78. The Balaban J connectivity index is 2.14. The molecule has 1 rings (SSSR count). The van der Waals surface area contributed by atoms with Crippen LogP contribution in [0.1, 0.15) is 52.4 Å². The van der Waals surface area contributed by atoms with Crippen LogP contribution in [0.3, 0.4) is 0 Å². The van der Waals surface area contributed by atoms with E-state index in [4.69, 9.17) is 0 Å². The van der Waals surface area contributed by atoms with Gasteiger partial charge in [-0.2, -0.15) is 0 Å². The van der Waals surface area contributed by atoms with Crippen molar-refractivity contribution in [3.63, 3.8) is 0 Å². The third-order valence-electron chi connectivity index (χ3n) is 3.52. The van der Waals surface area contributed by atoms with E-state index in [1.165, 1.54) is 32.1 Å². The number of hydrogen-bond donors (Lipinski definition) is 1. The van der Waals surface area contributed by atoms with Crippen LogP contribution in [0.25, 0.3) is 0 Å². The Morgan fingerprint density at radius 2 is 1.81 bits per heavy atom. The molecule has 1 saturated carbocycles. The first-order chi connectivity index (χ1) is 7.76. The van der Waals surface area contributed by atoms with Crippen LogP contribution >= 0.6 is 0 Å². The molecule has 16 heavy (non-hydrogen) atoms. The quantitative estimate of drug-likeness (QED) is 0.753. The van der Waals surface area contributed by atoms with Gasteiger partial charge in [0.2, 0.25) is 5.91 Å². The first kappa shape index (κ1) is 13.5. The first-order valence-corrected chi connectivity index (χ1v) is 6.78. The summed E-state index contributed by atoms with van der Waals surface area (Å²) in [5.74, 6) is 0.235. The van der Waals surface area contributed by atoms with E-state index in [0.29, 0.717) is 12.5 Å². The molecular weight excluding hydrogens is 200 g/mol. The predicted molar refractivity (Wildman–Crippen MR) is 67.4 cm³/mol. The van der Waals surface area contributed by atoms with Crippen molar-refractivity contribution in [2.24, 2.45) is 0 Å². The molecule has 0 bridgehead atoms. The van der Waals surface area contributed by atoms with Crippen LogP contribution in [-0.4, -0.2) is 36.5 Å². The van der Waals surface area contributed by atoms with Crippen LogP contribution in [0.15, 0.2) is 0 Å². The Kier molecular flexibility index (Phi) is 6.46. The maximum Gasteiger partial charge on any atom is 0.221 e. The van der Waals surface area contributed by atoms with Gasteiger partial charge in [-0.15, -0.1) is 0 Å². The summed E-state index contributed by atoms with van der Waals surface area (Å²) in [6, 6.07) is 0.456. The fourth-order valence-corrected chi connectivity index (χ4v) is 2.35. The molecule has 1 fully saturated rings. The molecule has 0 aromatic carbocycles. The van der Waals surface area contributed by atoms with Crippen molar-refractivity contribution in [1.82, 2.24) is 10.2 Å². The van der Waals surface area contributed by atoms with E-state index >= 15 is 0 Å². The van der Waals surface area contributed by atoms with E-state index in [2.05, 4.69) is 24.1 Å². The number of rotatable bonds is 6. The lowest BCUT2D eigenvalue weighted by atomic mass is 9.95. The summed E-state index contributed by atoms with van der Waals surface area (Å²) < 4.78 is 0. The standard InChI is InChI=1S/C13H26N2O/c1-3-15(4-2)11-10-13(16)14-12-8-6-5-7-9-12/h12H,3-11H2,1-2H3,(H,14,16). The van der Waals surface area contributed by atoms with Gasteiger partial charge in [-0.05, 0) is 25.9 Å². The van der Waals surface area contributed by atoms with Crippen molar-refractivity contribution < 1.29 is 4.79 Å². The topological polar surface area (TPSA) is 32.3 Å². The minimum atomic E-state index is 0.235. The molecule has 3 nitrogen and oxygen atoms in total. The zero-order chi connectivity index (χ0) is 11.8. The maximum atomic E-state index is 11.7. The van der Waals surface area contributed by atoms with Crippen molar-refractivity contribution in [1.29, 1.82) is 0 Å². The van der Waals surface area contributed by atoms with Gasteiger partial charge >= 0.3 is 0 Å². The highest BCUT2D eigenvalue weighted by atomic mass is 16.1. The molecule has 0 heterocycles. The third-order valence-corrected chi connectivity index (χ3v) is 3.52. The molecule has 0 radical (unpaired) electrons. The molecule has 3 heteroatoms. The molecule has 1 N–H and O–H groups in total. The summed E-state index contributed by atoms with van der Waals surface area (Å²) in [6.07, 6.45) is 6.90. The highest BCUT2D eigenvalue weighted by Crippen LogP contribution is 2.17. The van der Waals surface area contributed by atoms with Crippen LogP contribution in [-0.2, 0) is 4.79 Å². The van der Waals surface area contributed by atoms with Gasteiger partial charge in [0.1, 0.15) is 0 Å². The molecule has 0 saturated heterocycles. The molecule has 0 unspecified atom stereocenters. The van der Waals surface area contributed by atoms with E-state index in [-0.39, 0.29) is 5.91 Å². The molecule has 0 spiro atoms. The molecule has 0 aromatic heterocycles. The summed E-state index contributed by atoms with van der Waals surface area (Å²) in [5.41, 5.74) is 0. The van der Waals surface area contributed by atoms with Crippen LogP contribution in [0.4, 0.5) is 0 Å². The van der Waals surface area contributed by atoms with Gasteiger partial charge in [-0.3, -0.25) is 4.79 Å². The van der Waals surface area contributed by atoms with E-state index < -0.39 is 0 Å². The van der Waals surface area contributed by atoms with Crippen LogP contribution in [0.2, 0.25) is 0 Å². The van der Waals surface area contributed by atoms with Gasteiger partial charge in [0.05, 0.1) is 0 Å². The summed E-state index contributed by atoms with van der Waals surface area (Å²) >= 11 is 0. The second kappa shape index (κ2) is 7.66. The highest BCUT2D eigenvalue weighted by molar-refractivity contribution is 5.76. The van der Waals surface area contributed by atoms with Gasteiger partial charge in [0.25, 0.3) is 0 Å². The van der Waals surface area contributed by atoms with E-state index in [1.54, 1.807) is 0 Å². The van der Waals surface area contributed by atoms with E-state index in [0.717, 1.165) is 19.6 Å². The lowest BCUT2D eigenvalue weighted by Gasteiger charge is -2.23. The Morgan fingerprint density at radius 3 is 2.38 bits per heavy atom. The fourth-order valence-electron chi connectivity index (χ4n) is 2.35. The van der Waals surface area contributed by atoms with Gasteiger partial charge in [0, 0.05) is 19.0 Å². The van der Waals surface area contributed by atoms with E-state index in [9.17, 15) is 4.79 Å². The van der Waals surface area contributed by atoms with Crippen molar-refractivity contribution in [2.45, 2.75) is 58.4 Å². The van der Waals surface area contributed by atoms with Crippen LogP contribution < -0.4 is 5.32 Å². The lowest BCUT2D eigenvalue weighted by Crippen LogP contribution is -2.38. The normalized spacial score (nSPS) is 17.7. The monoisotopic (exact) mass is 226 g/mol. The Hall–Kier alpha value is -0.570. The number of hydrogen-bond acceptors (Lipinski definition) is 2. The molecule has 1 aliphatic rings. The van der Waals surface area contributed by atoms with Crippen LogP contribution in [0, 0.1) is 0 Å². The average Bonchev–Trinajstić information content (AvgIpc) is 2.31. The molecule has 1 amide bonds. The second-order valence-electron chi connectivity index (χ2n) is 4.68. The summed E-state index contributed by atoms with van der Waals surface area (Å²) in [5, 5.41) is 3.16. The number of nitrogens with one attached hydrogen (secondary N) is 1. The molecule has 1 aliphatic carbocycles. The fraction of sp³-hybridized carbons (Fsp3) is 0.923. The Morgan fingerprint density at radius 1 is 1.19 bits per heavy atom. The second-order valence-corrected chi connectivity index (χ2v) is 4.68. The molecule has 0 aromatic rings. The molecule has 94 valence electrons. The van der Waals surface area contributed by atoms with Gasteiger partial charge in [0.15, 0.2) is 0 Å². The number of carbonyl (C=O) groups is 1. The SMILES string of the molecule is CCN(CC)CCC(=O)NC1CCCCC1. The number of amides is 1. The zero-order valence-corrected chi connectivity index (χ0v) is 10.8. The smallest absolute Gasteiger partial charge is 0.221 e. The summed E-state index contributed by atoms with van der Waals surface area (Å²) in [7, 11) is 0. The van der Waals surface area contributed by atoms with Crippen molar-refractivity contribution in [2.75, 3.05) is 19.6 Å². The zero-order valence-electron chi connectivity index (χ0n) is 10.8. The summed E-state index contributed by atoms with van der Waals surface area (Å²) in [6.45, 7) is 7.25. The highest BCUT2D eigenvalue weighted by Gasteiger charge is 2.15. The van der Waals surface area contributed by atoms with Crippen molar-refractivity contribution >= 4 is 5.91 Å². The summed E-state index contributed by atoms with van der Waals surface area (Å²) in [4.78, 5) is 14.0. The predicted octanol–water partition coefficient (Wildman–Crippen LogP) is 2.17. The largest absolute Gasteiger partial charge is 0.353 e. The minimum Gasteiger partial charge on any atom is -0.353 e. The molecular formula is C13H26N2O. The minimum absolute atomic E-state index is 0.235. The Bertz CT molecular complexity index is 196. The van der Waals surface area contributed by atoms with Gasteiger partial charge in [-0.1, -0.05) is 33.1 Å². The van der Waals surface area contributed by atoms with Crippen molar-refractivity contribution in [3.8, 4) is 0 Å². The van der Waals surface area contributed by atoms with Gasteiger partial charge in [-0.25, -0.2) is 0 Å². The van der Waals surface area contributed by atoms with E-state index in [1.807, 2.05) is 0 Å². The van der Waals surface area contributed by atoms with Crippen LogP contribution in [0.5, 0.6) is 0 Å².